The topological polar surface area (TPSA) is 155 Å². The van der Waals surface area contributed by atoms with Crippen LogP contribution in [-0.4, -0.2) is 52.0 Å². The highest BCUT2D eigenvalue weighted by Gasteiger charge is 2.55. The molecule has 1 aliphatic heterocycles. The summed E-state index contributed by atoms with van der Waals surface area (Å²) >= 11 is 0. The molecular formula is C24H25N5O5. The summed E-state index contributed by atoms with van der Waals surface area (Å²) in [4.78, 5) is 14.0. The van der Waals surface area contributed by atoms with E-state index in [9.17, 15) is 20.6 Å². The predicted molar refractivity (Wildman–Crippen MR) is 119 cm³/mol. The molecule has 0 spiro atoms. The average molecular weight is 463 g/mol. The number of fused-ring (bicyclic) bond motifs is 1. The van der Waals surface area contributed by atoms with Gasteiger partial charge in [-0.15, -0.1) is 0 Å². The number of nitrogens with zero attached hydrogens (tertiary/aromatic N) is 4. The second-order valence-electron chi connectivity index (χ2n) is 7.74. The lowest BCUT2D eigenvalue weighted by molar-refractivity contribution is 0.0999. The number of nitrogens with two attached hydrogens (primary N) is 1. The molecule has 0 radical (unpaired) electrons. The summed E-state index contributed by atoms with van der Waals surface area (Å²) in [5, 5.41) is 30.4. The van der Waals surface area contributed by atoms with E-state index in [2.05, 4.69) is 18.2 Å². The first kappa shape index (κ1) is 24.3. The smallest absolute Gasteiger partial charge is 0.410 e. The number of nitriles is 3. The number of amides is 1. The first-order valence-electron chi connectivity index (χ1n) is 10.5. The van der Waals surface area contributed by atoms with E-state index in [4.69, 9.17) is 24.7 Å². The minimum Gasteiger partial charge on any atom is -0.493 e. The lowest BCUT2D eigenvalue weighted by atomic mass is 9.58. The fourth-order valence-electron chi connectivity index (χ4n) is 4.70. The first-order valence-corrected chi connectivity index (χ1v) is 10.5. The molecule has 3 rings (SSSR count). The van der Waals surface area contributed by atoms with Crippen molar-refractivity contribution < 1.29 is 23.7 Å². The standard InChI is InChI=1S/C24H25N5O5/c1-5-34-23(30)29-7-6-15-16(10-25)22(28)24(12-26,13-27)20(17(15)11-29)14-8-18(31-2)21(33-4)19(9-14)32-3/h6,8-9,17,20H,5,7,11,28H2,1-4H3/t17-,20-/m0/s1. The Bertz CT molecular complexity index is 1140. The van der Waals surface area contributed by atoms with Crippen molar-refractivity contribution in [1.29, 1.82) is 15.8 Å². The molecule has 1 aliphatic carbocycles. The van der Waals surface area contributed by atoms with Crippen LogP contribution in [0.4, 0.5) is 4.79 Å². The highest BCUT2D eigenvalue weighted by molar-refractivity contribution is 5.70. The van der Waals surface area contributed by atoms with E-state index >= 15 is 0 Å². The highest BCUT2D eigenvalue weighted by Crippen LogP contribution is 2.55. The molecule has 10 heteroatoms. The maximum absolute atomic E-state index is 12.5. The Kier molecular flexibility index (Phi) is 6.89. The van der Waals surface area contributed by atoms with E-state index in [1.54, 1.807) is 25.1 Å². The third kappa shape index (κ3) is 3.62. The molecule has 1 aromatic carbocycles. The quantitative estimate of drug-likeness (QED) is 0.693. The van der Waals surface area contributed by atoms with Crippen LogP contribution in [0.25, 0.3) is 0 Å². The molecule has 2 N–H and O–H groups in total. The van der Waals surface area contributed by atoms with Gasteiger partial charge in [-0.25, -0.2) is 4.79 Å². The molecule has 176 valence electrons. The van der Waals surface area contributed by atoms with Crippen LogP contribution in [0.5, 0.6) is 17.2 Å². The SMILES string of the molecule is CCOC(=O)N1CC=C2C(C#N)=C(N)C(C#N)(C#N)[C@@H](c3cc(OC)c(OC)c(OC)c3)[C@H]2C1. The van der Waals surface area contributed by atoms with Crippen LogP contribution in [0, 0.1) is 45.3 Å². The summed E-state index contributed by atoms with van der Waals surface area (Å²) in [6.45, 7) is 2.23. The average Bonchev–Trinajstić information content (AvgIpc) is 2.87. The molecule has 1 aromatic rings. The Morgan fingerprint density at radius 1 is 1.15 bits per heavy atom. The zero-order valence-corrected chi connectivity index (χ0v) is 19.4. The number of hydrogen-bond acceptors (Lipinski definition) is 9. The van der Waals surface area contributed by atoms with Crippen LogP contribution in [0.3, 0.4) is 0 Å². The third-order valence-electron chi connectivity index (χ3n) is 6.24. The summed E-state index contributed by atoms with van der Waals surface area (Å²) in [7, 11) is 4.38. The van der Waals surface area contributed by atoms with Gasteiger partial charge in [0.2, 0.25) is 5.75 Å². The van der Waals surface area contributed by atoms with Crippen molar-refractivity contribution in [2.75, 3.05) is 41.0 Å². The van der Waals surface area contributed by atoms with Crippen molar-refractivity contribution in [2.24, 2.45) is 17.1 Å². The largest absolute Gasteiger partial charge is 0.493 e. The van der Waals surface area contributed by atoms with Gasteiger partial charge in [0.1, 0.15) is 6.07 Å². The maximum atomic E-state index is 12.5. The van der Waals surface area contributed by atoms with Crippen LogP contribution < -0.4 is 19.9 Å². The molecule has 0 unspecified atom stereocenters. The van der Waals surface area contributed by atoms with Gasteiger partial charge in [0, 0.05) is 24.9 Å². The minimum atomic E-state index is -1.88. The van der Waals surface area contributed by atoms with Crippen molar-refractivity contribution in [3.8, 4) is 35.5 Å². The van der Waals surface area contributed by atoms with Crippen LogP contribution in [-0.2, 0) is 4.74 Å². The molecule has 1 amide bonds. The fourth-order valence-corrected chi connectivity index (χ4v) is 4.70. The van der Waals surface area contributed by atoms with Gasteiger partial charge < -0.3 is 29.6 Å². The molecule has 2 aliphatic rings. The summed E-state index contributed by atoms with van der Waals surface area (Å²) in [5.41, 5.74) is 5.52. The summed E-state index contributed by atoms with van der Waals surface area (Å²) in [6, 6.07) is 9.50. The number of carbonyl (C=O) groups is 1. The number of ether oxygens (including phenoxy) is 4. The van der Waals surface area contributed by atoms with Crippen LogP contribution in [0.2, 0.25) is 0 Å². The molecule has 0 saturated heterocycles. The second kappa shape index (κ2) is 9.64. The van der Waals surface area contributed by atoms with Crippen molar-refractivity contribution in [1.82, 2.24) is 4.90 Å². The van der Waals surface area contributed by atoms with E-state index in [0.717, 1.165) is 0 Å². The van der Waals surface area contributed by atoms with E-state index in [0.29, 0.717) is 28.4 Å². The highest BCUT2D eigenvalue weighted by atomic mass is 16.6. The Morgan fingerprint density at radius 3 is 2.24 bits per heavy atom. The lowest BCUT2D eigenvalue weighted by Crippen LogP contribution is -2.49. The van der Waals surface area contributed by atoms with E-state index < -0.39 is 23.3 Å². The number of benzene rings is 1. The molecular weight excluding hydrogens is 438 g/mol. The lowest BCUT2D eigenvalue weighted by Gasteiger charge is -2.45. The van der Waals surface area contributed by atoms with Gasteiger partial charge in [0.25, 0.3) is 0 Å². The van der Waals surface area contributed by atoms with E-state index in [-0.39, 0.29) is 31.0 Å². The van der Waals surface area contributed by atoms with Crippen LogP contribution >= 0.6 is 0 Å². The summed E-state index contributed by atoms with van der Waals surface area (Å²) in [5.74, 6) is -0.436. The monoisotopic (exact) mass is 463 g/mol. The summed E-state index contributed by atoms with van der Waals surface area (Å²) < 4.78 is 21.5. The van der Waals surface area contributed by atoms with E-state index in [1.165, 1.54) is 26.2 Å². The fraction of sp³-hybridized carbons (Fsp3) is 0.417. The van der Waals surface area contributed by atoms with Gasteiger partial charge in [0.05, 0.1) is 51.3 Å². The van der Waals surface area contributed by atoms with Gasteiger partial charge in [0.15, 0.2) is 16.9 Å². The molecule has 1 heterocycles. The molecule has 0 aromatic heterocycles. The van der Waals surface area contributed by atoms with Gasteiger partial charge in [-0.05, 0) is 30.2 Å². The zero-order chi connectivity index (χ0) is 25.0. The van der Waals surface area contributed by atoms with Gasteiger partial charge in [-0.3, -0.25) is 0 Å². The number of allylic oxidation sites excluding steroid dienone is 2. The van der Waals surface area contributed by atoms with Gasteiger partial charge in [-0.2, -0.15) is 15.8 Å². The normalized spacial score (nSPS) is 20.6. The zero-order valence-electron chi connectivity index (χ0n) is 19.4. The summed E-state index contributed by atoms with van der Waals surface area (Å²) in [6.07, 6.45) is 1.20. The van der Waals surface area contributed by atoms with Gasteiger partial charge in [-0.1, -0.05) is 6.08 Å². The molecule has 10 nitrogen and oxygen atoms in total. The van der Waals surface area contributed by atoms with Crippen molar-refractivity contribution in [3.05, 3.63) is 40.6 Å². The third-order valence-corrected chi connectivity index (χ3v) is 6.24. The number of carbonyl (C=O) groups excluding carboxylic acids is 1. The van der Waals surface area contributed by atoms with Crippen molar-refractivity contribution >= 4 is 6.09 Å². The van der Waals surface area contributed by atoms with Crippen molar-refractivity contribution in [3.63, 3.8) is 0 Å². The Labute approximate surface area is 198 Å². The number of hydrogen-bond donors (Lipinski definition) is 1. The molecule has 34 heavy (non-hydrogen) atoms. The number of rotatable bonds is 5. The minimum absolute atomic E-state index is 0.0836. The van der Waals surface area contributed by atoms with E-state index in [1.807, 2.05) is 0 Å². The molecule has 2 atom stereocenters. The van der Waals surface area contributed by atoms with Crippen molar-refractivity contribution in [2.45, 2.75) is 12.8 Å². The second-order valence-corrected chi connectivity index (χ2v) is 7.74. The van der Waals surface area contributed by atoms with Gasteiger partial charge >= 0.3 is 6.09 Å². The number of methoxy groups -OCH3 is 3. The molecule has 0 bridgehead atoms. The predicted octanol–water partition coefficient (Wildman–Crippen LogP) is 2.59. The van der Waals surface area contributed by atoms with Crippen LogP contribution in [0.15, 0.2) is 35.1 Å². The maximum Gasteiger partial charge on any atom is 0.410 e. The Hall–Kier alpha value is -4.36. The molecule has 0 fully saturated rings. The Balaban J connectivity index is 2.32. The molecule has 0 saturated carbocycles. The first-order chi connectivity index (χ1) is 16.4. The Morgan fingerprint density at radius 2 is 1.76 bits per heavy atom. The van der Waals surface area contributed by atoms with Crippen LogP contribution in [0.1, 0.15) is 18.4 Å².